The number of aromatic nitrogens is 4. The molecule has 6 nitrogen and oxygen atoms in total. The topological polar surface area (TPSA) is 67.1 Å². The zero-order chi connectivity index (χ0) is 20.8. The fourth-order valence-electron chi connectivity index (χ4n) is 4.09. The Hall–Kier alpha value is -2.87. The zero-order valence-electron chi connectivity index (χ0n) is 16.6. The minimum Gasteiger partial charge on any atom is -0.385 e. The lowest BCUT2D eigenvalue weighted by molar-refractivity contribution is 0.000652. The van der Waals surface area contributed by atoms with Crippen LogP contribution in [0.25, 0.3) is 11.3 Å². The highest BCUT2D eigenvalue weighted by atomic mass is 19.2. The Labute approximate surface area is 167 Å². The van der Waals surface area contributed by atoms with E-state index >= 15 is 0 Å². The van der Waals surface area contributed by atoms with E-state index in [-0.39, 0.29) is 6.04 Å². The number of aryl methyl sites for hydroxylation is 2. The molecule has 0 aliphatic carbocycles. The van der Waals surface area contributed by atoms with E-state index in [4.69, 9.17) is 4.98 Å². The predicted molar refractivity (Wildman–Crippen MR) is 105 cm³/mol. The van der Waals surface area contributed by atoms with Gasteiger partial charge in [0, 0.05) is 37.8 Å². The van der Waals surface area contributed by atoms with Crippen LogP contribution in [0.4, 0.5) is 14.6 Å². The first-order valence-electron chi connectivity index (χ1n) is 9.54. The summed E-state index contributed by atoms with van der Waals surface area (Å²) in [6.07, 6.45) is 6.06. The maximum Gasteiger partial charge on any atom is 0.159 e. The molecule has 1 aliphatic heterocycles. The van der Waals surface area contributed by atoms with Gasteiger partial charge in [-0.25, -0.2) is 13.8 Å². The molecule has 152 valence electrons. The summed E-state index contributed by atoms with van der Waals surface area (Å²) in [6.45, 7) is 4.42. The molecule has 3 heterocycles. The number of anilines is 1. The number of hydrogen-bond donors (Lipinski definition) is 1. The van der Waals surface area contributed by atoms with Gasteiger partial charge in [-0.1, -0.05) is 6.07 Å². The molecule has 2 atom stereocenters. The number of rotatable bonds is 3. The second-order valence-electron chi connectivity index (χ2n) is 7.72. The SMILES string of the molecule is Cc1nn(C)cc1-c1cncc(N2CC[C@](O)(c3ccc(F)c(F)c3)C[C@@H]2C)n1. The largest absolute Gasteiger partial charge is 0.385 e. The van der Waals surface area contributed by atoms with Crippen molar-refractivity contribution in [2.45, 2.75) is 38.3 Å². The summed E-state index contributed by atoms with van der Waals surface area (Å²) in [5.41, 5.74) is 1.72. The Morgan fingerprint density at radius 1 is 1.21 bits per heavy atom. The summed E-state index contributed by atoms with van der Waals surface area (Å²) < 4.78 is 28.7. The Balaban J connectivity index is 1.58. The first-order chi connectivity index (χ1) is 13.8. The first-order valence-corrected chi connectivity index (χ1v) is 9.54. The summed E-state index contributed by atoms with van der Waals surface area (Å²) >= 11 is 0. The average molecular weight is 399 g/mol. The molecule has 0 amide bonds. The Kier molecular flexibility index (Phi) is 4.82. The van der Waals surface area contributed by atoms with Crippen LogP contribution < -0.4 is 4.90 Å². The zero-order valence-corrected chi connectivity index (χ0v) is 16.6. The van der Waals surface area contributed by atoms with Gasteiger partial charge in [0.05, 0.1) is 29.4 Å². The van der Waals surface area contributed by atoms with Crippen LogP contribution in [0.3, 0.4) is 0 Å². The van der Waals surface area contributed by atoms with Gasteiger partial charge in [0.15, 0.2) is 11.6 Å². The molecule has 1 aromatic carbocycles. The van der Waals surface area contributed by atoms with Crippen LogP contribution >= 0.6 is 0 Å². The fraction of sp³-hybridized carbons (Fsp3) is 0.381. The summed E-state index contributed by atoms with van der Waals surface area (Å²) in [5, 5.41) is 15.5. The van der Waals surface area contributed by atoms with Crippen LogP contribution in [-0.4, -0.2) is 37.4 Å². The van der Waals surface area contributed by atoms with Gasteiger partial charge in [0.1, 0.15) is 5.82 Å². The molecule has 2 aromatic heterocycles. The maximum absolute atomic E-state index is 13.7. The maximum atomic E-state index is 13.7. The van der Waals surface area contributed by atoms with E-state index in [0.717, 1.165) is 29.1 Å². The number of hydrogen-bond acceptors (Lipinski definition) is 5. The van der Waals surface area contributed by atoms with Crippen molar-refractivity contribution in [2.75, 3.05) is 11.4 Å². The van der Waals surface area contributed by atoms with Crippen molar-refractivity contribution in [1.82, 2.24) is 19.7 Å². The number of benzene rings is 1. The lowest BCUT2D eigenvalue weighted by atomic mass is 9.81. The smallest absolute Gasteiger partial charge is 0.159 e. The van der Waals surface area contributed by atoms with Gasteiger partial charge in [-0.05, 0) is 38.0 Å². The molecule has 1 N–H and O–H groups in total. The molecule has 3 aromatic rings. The van der Waals surface area contributed by atoms with Crippen molar-refractivity contribution in [1.29, 1.82) is 0 Å². The van der Waals surface area contributed by atoms with E-state index in [2.05, 4.69) is 15.0 Å². The third kappa shape index (κ3) is 3.60. The van der Waals surface area contributed by atoms with E-state index < -0.39 is 17.2 Å². The van der Waals surface area contributed by atoms with Crippen molar-refractivity contribution in [3.8, 4) is 11.3 Å². The third-order valence-electron chi connectivity index (χ3n) is 5.59. The summed E-state index contributed by atoms with van der Waals surface area (Å²) in [5.74, 6) is -1.15. The quantitative estimate of drug-likeness (QED) is 0.732. The molecule has 0 bridgehead atoms. The second-order valence-corrected chi connectivity index (χ2v) is 7.72. The Bertz CT molecular complexity index is 1050. The van der Waals surface area contributed by atoms with Crippen LogP contribution in [0.5, 0.6) is 0 Å². The summed E-state index contributed by atoms with van der Waals surface area (Å²) in [4.78, 5) is 11.2. The van der Waals surface area contributed by atoms with Gasteiger partial charge in [-0.15, -0.1) is 0 Å². The molecular weight excluding hydrogens is 376 g/mol. The molecule has 1 saturated heterocycles. The average Bonchev–Trinajstić information content (AvgIpc) is 3.02. The van der Waals surface area contributed by atoms with E-state index in [1.165, 1.54) is 6.07 Å². The van der Waals surface area contributed by atoms with Crippen LogP contribution in [0.1, 0.15) is 31.0 Å². The van der Waals surface area contributed by atoms with Gasteiger partial charge >= 0.3 is 0 Å². The van der Waals surface area contributed by atoms with Crippen LogP contribution in [0.15, 0.2) is 36.8 Å². The lowest BCUT2D eigenvalue weighted by Crippen LogP contribution is -2.48. The van der Waals surface area contributed by atoms with Crippen molar-refractivity contribution < 1.29 is 13.9 Å². The van der Waals surface area contributed by atoms with E-state index in [9.17, 15) is 13.9 Å². The number of nitrogens with zero attached hydrogens (tertiary/aromatic N) is 5. The third-order valence-corrected chi connectivity index (χ3v) is 5.59. The van der Waals surface area contributed by atoms with Crippen molar-refractivity contribution in [2.24, 2.45) is 7.05 Å². The minimum absolute atomic E-state index is 0.0681. The molecule has 1 fully saturated rings. The van der Waals surface area contributed by atoms with Gasteiger partial charge in [0.2, 0.25) is 0 Å². The molecule has 0 spiro atoms. The molecular formula is C21H23F2N5O. The fourth-order valence-corrected chi connectivity index (χ4v) is 4.09. The van der Waals surface area contributed by atoms with Gasteiger partial charge < -0.3 is 10.0 Å². The number of halogens is 2. The van der Waals surface area contributed by atoms with Gasteiger partial charge in [-0.3, -0.25) is 9.67 Å². The highest BCUT2D eigenvalue weighted by Gasteiger charge is 2.39. The molecule has 0 radical (unpaired) electrons. The normalized spacial score (nSPS) is 22.1. The molecule has 29 heavy (non-hydrogen) atoms. The molecule has 8 heteroatoms. The molecule has 4 rings (SSSR count). The minimum atomic E-state index is -1.21. The highest BCUT2D eigenvalue weighted by molar-refractivity contribution is 5.62. The van der Waals surface area contributed by atoms with Gasteiger partial charge in [-0.2, -0.15) is 5.10 Å². The molecule has 0 unspecified atom stereocenters. The van der Waals surface area contributed by atoms with Crippen molar-refractivity contribution in [3.63, 3.8) is 0 Å². The van der Waals surface area contributed by atoms with Crippen molar-refractivity contribution >= 4 is 5.82 Å². The van der Waals surface area contributed by atoms with Crippen molar-refractivity contribution in [3.05, 3.63) is 59.7 Å². The standard InChI is InChI=1S/C21H23F2N5O/c1-13-9-21(29,15-4-5-17(22)18(23)8-15)6-7-28(13)20-11-24-10-19(25-20)16-12-27(3)26-14(16)2/h4-5,8,10-13,29H,6-7,9H2,1-3H3/t13-,21+/m0/s1. The van der Waals surface area contributed by atoms with Crippen LogP contribution in [-0.2, 0) is 12.6 Å². The van der Waals surface area contributed by atoms with E-state index in [0.29, 0.717) is 30.8 Å². The van der Waals surface area contributed by atoms with E-state index in [1.54, 1.807) is 17.1 Å². The van der Waals surface area contributed by atoms with E-state index in [1.807, 2.05) is 27.1 Å². The number of aliphatic hydroxyl groups is 1. The first kappa shape index (κ1) is 19.4. The lowest BCUT2D eigenvalue weighted by Gasteiger charge is -2.43. The van der Waals surface area contributed by atoms with Crippen LogP contribution in [0.2, 0.25) is 0 Å². The van der Waals surface area contributed by atoms with Crippen LogP contribution in [0, 0.1) is 18.6 Å². The molecule has 0 saturated carbocycles. The highest BCUT2D eigenvalue weighted by Crippen LogP contribution is 2.38. The predicted octanol–water partition coefficient (Wildman–Crippen LogP) is 3.34. The summed E-state index contributed by atoms with van der Waals surface area (Å²) in [7, 11) is 1.86. The monoisotopic (exact) mass is 399 g/mol. The van der Waals surface area contributed by atoms with Gasteiger partial charge in [0.25, 0.3) is 0 Å². The Morgan fingerprint density at radius 2 is 2.00 bits per heavy atom. The molecule has 1 aliphatic rings. The number of piperidine rings is 1. The Morgan fingerprint density at radius 3 is 2.66 bits per heavy atom. The second kappa shape index (κ2) is 7.18. The summed E-state index contributed by atoms with van der Waals surface area (Å²) in [6, 6.07) is 3.53.